The molecule has 0 bridgehead atoms. The third kappa shape index (κ3) is 5.32. The van der Waals surface area contributed by atoms with Crippen LogP contribution in [0.1, 0.15) is 77.6 Å². The fraction of sp³-hybridized carbons (Fsp3) is 0.186. The van der Waals surface area contributed by atoms with E-state index in [4.69, 9.17) is 0 Å². The number of aromatic nitrogens is 1. The van der Waals surface area contributed by atoms with Gasteiger partial charge in [-0.15, -0.1) is 22.7 Å². The van der Waals surface area contributed by atoms with Crippen LogP contribution < -0.4 is 16.2 Å². The highest BCUT2D eigenvalue weighted by molar-refractivity contribution is 7.26. The minimum atomic E-state index is -0.249. The Balaban J connectivity index is 1.21. The number of nitrogens with zero attached hydrogens (tertiary/aromatic N) is 1. The van der Waals surface area contributed by atoms with Gasteiger partial charge in [0.15, 0.2) is 7.28 Å². The van der Waals surface area contributed by atoms with E-state index in [2.05, 4.69) is 205 Å². The largest absolute Gasteiger partial charge is 0.355 e. The van der Waals surface area contributed by atoms with Crippen LogP contribution in [0.4, 0.5) is 11.4 Å². The molecule has 0 saturated carbocycles. The Hall–Kier alpha value is -6.14. The highest BCUT2D eigenvalue weighted by Gasteiger charge is 2.43. The molecule has 0 radical (unpaired) electrons. The standard InChI is InChI=1S/C59H49BN2S2/c1-57(2,3)32-21-24-34(25-22-32)61-44-30-49-38(35-15-10-13-19-47(35)63-49)28-40(44)52-51-37-17-9-12-18-42(37)59(7,8)54(51)53-41-27-33(58(4,5)6)23-26-45(41)62-46-31-50-39(29-43(46)60-55(52)56(53)62)36-16-11-14-20-48(36)64-50/h9-31,60-61H,1-8H3. The molecule has 0 unspecified atom stereocenters. The first-order valence-electron chi connectivity index (χ1n) is 22.8. The van der Waals surface area contributed by atoms with Crippen LogP contribution in [0.2, 0.25) is 0 Å². The highest BCUT2D eigenvalue weighted by Crippen LogP contribution is 2.58. The predicted octanol–water partition coefficient (Wildman–Crippen LogP) is 15.5. The van der Waals surface area contributed by atoms with E-state index in [1.807, 2.05) is 22.7 Å². The van der Waals surface area contributed by atoms with E-state index < -0.39 is 0 Å². The summed E-state index contributed by atoms with van der Waals surface area (Å²) in [6.45, 7) is 18.9. The molecule has 1 aliphatic carbocycles. The summed E-state index contributed by atoms with van der Waals surface area (Å²) in [7, 11) is 0.835. The molecule has 0 spiro atoms. The van der Waals surface area contributed by atoms with E-state index in [0.717, 1.165) is 18.7 Å². The molecule has 0 fully saturated rings. The van der Waals surface area contributed by atoms with Crippen molar-refractivity contribution in [1.82, 2.24) is 4.57 Å². The number of rotatable bonds is 3. The van der Waals surface area contributed by atoms with Crippen LogP contribution in [-0.2, 0) is 16.2 Å². The van der Waals surface area contributed by atoms with Gasteiger partial charge in [-0.05, 0) is 115 Å². The summed E-state index contributed by atoms with van der Waals surface area (Å²) in [5.74, 6) is 0. The number of nitrogens with one attached hydrogen (secondary N) is 1. The molecule has 1 N–H and O–H groups in total. The van der Waals surface area contributed by atoms with Gasteiger partial charge in [0.2, 0.25) is 0 Å². The van der Waals surface area contributed by atoms with Gasteiger partial charge in [-0.1, -0.05) is 146 Å². The molecule has 3 aromatic heterocycles. The van der Waals surface area contributed by atoms with E-state index >= 15 is 0 Å². The molecule has 11 aromatic rings. The second-order valence-electron chi connectivity index (χ2n) is 21.0. The predicted molar refractivity (Wildman–Crippen MR) is 283 cm³/mol. The quantitative estimate of drug-likeness (QED) is 0.175. The topological polar surface area (TPSA) is 17.0 Å². The molecule has 0 amide bonds. The molecular formula is C59H49BN2S2. The molecule has 1 aliphatic heterocycles. The van der Waals surface area contributed by atoms with E-state index in [9.17, 15) is 0 Å². The van der Waals surface area contributed by atoms with Crippen molar-refractivity contribution in [2.24, 2.45) is 0 Å². The highest BCUT2D eigenvalue weighted by atomic mass is 32.1. The van der Waals surface area contributed by atoms with Gasteiger partial charge in [0.05, 0.1) is 5.52 Å². The summed E-state index contributed by atoms with van der Waals surface area (Å²) >= 11 is 3.81. The molecule has 64 heavy (non-hydrogen) atoms. The normalized spacial score (nSPS) is 14.2. The number of hydrogen-bond acceptors (Lipinski definition) is 3. The summed E-state index contributed by atoms with van der Waals surface area (Å²) in [6.07, 6.45) is 0. The molecule has 2 nitrogen and oxygen atoms in total. The van der Waals surface area contributed by atoms with Gasteiger partial charge in [0.25, 0.3) is 0 Å². The van der Waals surface area contributed by atoms with Crippen molar-refractivity contribution in [3.63, 3.8) is 0 Å². The molecule has 5 heteroatoms. The van der Waals surface area contributed by atoms with E-state index in [-0.39, 0.29) is 16.2 Å². The number of fused-ring (bicyclic) bond motifs is 15. The Morgan fingerprint density at radius 2 is 1.17 bits per heavy atom. The molecule has 13 rings (SSSR count). The van der Waals surface area contributed by atoms with Crippen LogP contribution in [-0.4, -0.2) is 11.8 Å². The average Bonchev–Trinajstić information content (AvgIpc) is 3.99. The Labute approximate surface area is 383 Å². The zero-order valence-electron chi connectivity index (χ0n) is 37.7. The van der Waals surface area contributed by atoms with Crippen LogP contribution in [0.25, 0.3) is 90.1 Å². The number of hydrogen-bond donors (Lipinski definition) is 1. The molecule has 4 heterocycles. The fourth-order valence-electron chi connectivity index (χ4n) is 11.4. The van der Waals surface area contributed by atoms with Gasteiger partial charge < -0.3 is 9.88 Å². The minimum Gasteiger partial charge on any atom is -0.355 e. The summed E-state index contributed by atoms with van der Waals surface area (Å²) in [5, 5.41) is 12.2. The Morgan fingerprint density at radius 1 is 0.547 bits per heavy atom. The molecule has 8 aromatic carbocycles. The number of benzene rings is 8. The van der Waals surface area contributed by atoms with Crippen molar-refractivity contribution in [2.45, 2.75) is 71.6 Å². The lowest BCUT2D eigenvalue weighted by molar-refractivity contribution is 0.590. The lowest BCUT2D eigenvalue weighted by Gasteiger charge is -2.29. The van der Waals surface area contributed by atoms with E-state index in [0.29, 0.717) is 0 Å². The Kier molecular flexibility index (Phi) is 7.78. The summed E-state index contributed by atoms with van der Waals surface area (Å²) < 4.78 is 7.98. The van der Waals surface area contributed by atoms with Crippen LogP contribution in [0.3, 0.4) is 0 Å². The van der Waals surface area contributed by atoms with Crippen LogP contribution >= 0.6 is 22.7 Å². The maximum atomic E-state index is 4.07. The van der Waals surface area contributed by atoms with Gasteiger partial charge >= 0.3 is 0 Å². The van der Waals surface area contributed by atoms with E-state index in [1.165, 1.54) is 123 Å². The Morgan fingerprint density at radius 3 is 1.88 bits per heavy atom. The first-order valence-corrected chi connectivity index (χ1v) is 24.4. The summed E-state index contributed by atoms with van der Waals surface area (Å²) in [4.78, 5) is 0. The number of thiophene rings is 2. The maximum absolute atomic E-state index is 4.07. The fourth-order valence-corrected chi connectivity index (χ4v) is 13.7. The monoisotopic (exact) mass is 860 g/mol. The zero-order chi connectivity index (χ0) is 43.6. The van der Waals surface area contributed by atoms with Gasteiger partial charge in [-0.3, -0.25) is 0 Å². The van der Waals surface area contributed by atoms with Gasteiger partial charge in [0.1, 0.15) is 0 Å². The number of anilines is 2. The second kappa shape index (κ2) is 13.0. The third-order valence-corrected chi connectivity index (χ3v) is 16.9. The van der Waals surface area contributed by atoms with Gasteiger partial charge in [-0.2, -0.15) is 0 Å². The molecule has 310 valence electrons. The van der Waals surface area contributed by atoms with Crippen LogP contribution in [0, 0.1) is 0 Å². The van der Waals surface area contributed by atoms with Crippen LogP contribution in [0.15, 0.2) is 140 Å². The lowest BCUT2D eigenvalue weighted by Crippen LogP contribution is -2.38. The Bertz CT molecular complexity index is 3820. The molecule has 0 atom stereocenters. The lowest BCUT2D eigenvalue weighted by atomic mass is 9.57. The third-order valence-electron chi connectivity index (χ3n) is 14.7. The summed E-state index contributed by atoms with van der Waals surface area (Å²) in [6, 6.07) is 53.7. The van der Waals surface area contributed by atoms with Gasteiger partial charge in [0, 0.05) is 79.3 Å². The van der Waals surface area contributed by atoms with E-state index in [1.54, 1.807) is 0 Å². The van der Waals surface area contributed by atoms with Crippen molar-refractivity contribution in [3.05, 3.63) is 162 Å². The van der Waals surface area contributed by atoms with Crippen molar-refractivity contribution in [1.29, 1.82) is 0 Å². The van der Waals surface area contributed by atoms with Crippen LogP contribution in [0.5, 0.6) is 0 Å². The first-order chi connectivity index (χ1) is 30.7. The summed E-state index contributed by atoms with van der Waals surface area (Å²) in [5.41, 5.74) is 19.7. The van der Waals surface area contributed by atoms with Gasteiger partial charge in [-0.25, -0.2) is 0 Å². The average molecular weight is 861 g/mol. The SMILES string of the molecule is CC(C)(C)c1ccc(Nc2cc3sc4ccccc4c3cc2-c2c3c(c4c5cc(C(C)(C)C)ccc5n5c4c2Bc2cc4c(cc2-5)sc2ccccc24)C(C)(C)c2ccccc2-3)cc1. The van der Waals surface area contributed by atoms with Crippen molar-refractivity contribution < 1.29 is 0 Å². The van der Waals surface area contributed by atoms with Crippen molar-refractivity contribution in [3.8, 4) is 27.9 Å². The van der Waals surface area contributed by atoms with Crippen molar-refractivity contribution in [2.75, 3.05) is 5.32 Å². The molecule has 0 saturated heterocycles. The maximum Gasteiger partial charge on any atom is 0.198 e. The zero-order valence-corrected chi connectivity index (χ0v) is 39.4. The molecule has 2 aliphatic rings. The minimum absolute atomic E-state index is 0.00125. The smallest absolute Gasteiger partial charge is 0.198 e. The van der Waals surface area contributed by atoms with Crippen molar-refractivity contribution >= 4 is 114 Å². The second-order valence-corrected chi connectivity index (χ2v) is 23.2. The first kappa shape index (κ1) is 38.3. The molecular weight excluding hydrogens is 812 g/mol.